The Morgan fingerprint density at radius 1 is 1.33 bits per heavy atom. The van der Waals surface area contributed by atoms with E-state index in [0.717, 1.165) is 12.5 Å². The lowest BCUT2D eigenvalue weighted by Gasteiger charge is -2.21. The van der Waals surface area contributed by atoms with E-state index >= 15 is 0 Å². The van der Waals surface area contributed by atoms with Gasteiger partial charge in [-0.15, -0.1) is 0 Å². The zero-order chi connectivity index (χ0) is 10.9. The topological polar surface area (TPSA) is 21.3 Å². The fourth-order valence-corrected chi connectivity index (χ4v) is 2.64. The van der Waals surface area contributed by atoms with E-state index in [1.54, 1.807) is 0 Å². The monoisotopic (exact) mass is 211 g/mol. The first-order chi connectivity index (χ1) is 7.12. The molecule has 2 atom stereocenters. The van der Waals surface area contributed by atoms with E-state index in [-0.39, 0.29) is 0 Å². The largest absolute Gasteiger partial charge is 0.374 e. The van der Waals surface area contributed by atoms with Crippen LogP contribution in [0.15, 0.2) is 0 Å². The molecule has 0 spiro atoms. The highest BCUT2D eigenvalue weighted by molar-refractivity contribution is 4.97. The molecule has 0 bridgehead atoms. The SMILES string of the molecule is CC1CCC(CNCC2(C(C)C)CC2)O1. The van der Waals surface area contributed by atoms with E-state index < -0.39 is 0 Å². The van der Waals surface area contributed by atoms with E-state index in [9.17, 15) is 0 Å². The van der Waals surface area contributed by atoms with Crippen LogP contribution in [0.25, 0.3) is 0 Å². The molecule has 2 rings (SSSR count). The molecule has 0 aromatic carbocycles. The van der Waals surface area contributed by atoms with Crippen molar-refractivity contribution >= 4 is 0 Å². The van der Waals surface area contributed by atoms with Gasteiger partial charge in [0.05, 0.1) is 12.2 Å². The molecule has 2 nitrogen and oxygen atoms in total. The van der Waals surface area contributed by atoms with Crippen molar-refractivity contribution in [2.24, 2.45) is 11.3 Å². The minimum absolute atomic E-state index is 0.475. The molecule has 88 valence electrons. The van der Waals surface area contributed by atoms with Gasteiger partial charge in [0.1, 0.15) is 0 Å². The van der Waals surface area contributed by atoms with Crippen molar-refractivity contribution in [3.8, 4) is 0 Å². The first-order valence-corrected chi connectivity index (χ1v) is 6.48. The zero-order valence-corrected chi connectivity index (χ0v) is 10.4. The van der Waals surface area contributed by atoms with Crippen LogP contribution >= 0.6 is 0 Å². The van der Waals surface area contributed by atoms with Crippen molar-refractivity contribution in [2.75, 3.05) is 13.1 Å². The second kappa shape index (κ2) is 4.42. The molecule has 2 heteroatoms. The third kappa shape index (κ3) is 2.73. The van der Waals surface area contributed by atoms with Gasteiger partial charge in [-0.05, 0) is 43.9 Å². The summed E-state index contributed by atoms with van der Waals surface area (Å²) in [5.41, 5.74) is 0.629. The fraction of sp³-hybridized carbons (Fsp3) is 1.00. The minimum atomic E-state index is 0.475. The molecule has 2 unspecified atom stereocenters. The molecule has 0 aromatic heterocycles. The highest BCUT2D eigenvalue weighted by Crippen LogP contribution is 2.51. The second-order valence-corrected chi connectivity index (χ2v) is 5.79. The van der Waals surface area contributed by atoms with Crippen LogP contribution in [0.2, 0.25) is 0 Å². The third-order valence-corrected chi connectivity index (χ3v) is 4.29. The van der Waals surface area contributed by atoms with Crippen LogP contribution in [0.5, 0.6) is 0 Å². The Bertz CT molecular complexity index is 211. The quantitative estimate of drug-likeness (QED) is 0.754. The molecule has 0 aromatic rings. The van der Waals surface area contributed by atoms with Gasteiger partial charge in [0.2, 0.25) is 0 Å². The Morgan fingerprint density at radius 2 is 2.07 bits per heavy atom. The summed E-state index contributed by atoms with van der Waals surface area (Å²) in [4.78, 5) is 0. The van der Waals surface area contributed by atoms with Crippen LogP contribution in [0.3, 0.4) is 0 Å². The number of rotatable bonds is 5. The zero-order valence-electron chi connectivity index (χ0n) is 10.4. The summed E-state index contributed by atoms with van der Waals surface area (Å²) in [6.45, 7) is 9.12. The Hall–Kier alpha value is -0.0800. The Balaban J connectivity index is 1.63. The van der Waals surface area contributed by atoms with E-state index in [4.69, 9.17) is 4.74 Å². The normalized spacial score (nSPS) is 33.6. The summed E-state index contributed by atoms with van der Waals surface area (Å²) in [6, 6.07) is 0. The maximum Gasteiger partial charge on any atom is 0.0704 e. The van der Waals surface area contributed by atoms with Crippen molar-refractivity contribution in [1.29, 1.82) is 0 Å². The van der Waals surface area contributed by atoms with Gasteiger partial charge < -0.3 is 10.1 Å². The molecule has 1 heterocycles. The van der Waals surface area contributed by atoms with Crippen LogP contribution in [0, 0.1) is 11.3 Å². The number of hydrogen-bond acceptors (Lipinski definition) is 2. The first-order valence-electron chi connectivity index (χ1n) is 6.48. The number of hydrogen-bond donors (Lipinski definition) is 1. The molecule has 15 heavy (non-hydrogen) atoms. The lowest BCUT2D eigenvalue weighted by atomic mass is 9.92. The Labute approximate surface area is 93.8 Å². The van der Waals surface area contributed by atoms with Gasteiger partial charge in [0, 0.05) is 13.1 Å². The van der Waals surface area contributed by atoms with Crippen molar-refractivity contribution in [3.63, 3.8) is 0 Å². The molecule has 1 aliphatic heterocycles. The molecular weight excluding hydrogens is 186 g/mol. The summed E-state index contributed by atoms with van der Waals surface area (Å²) < 4.78 is 5.79. The standard InChI is InChI=1S/C13H25NO/c1-10(2)13(6-7-13)9-14-8-12-5-4-11(3)15-12/h10-12,14H,4-9H2,1-3H3. The van der Waals surface area contributed by atoms with Crippen LogP contribution in [-0.2, 0) is 4.74 Å². The molecular formula is C13H25NO. The van der Waals surface area contributed by atoms with Gasteiger partial charge in [0.25, 0.3) is 0 Å². The predicted octanol–water partition coefficient (Wildman–Crippen LogP) is 2.58. The average molecular weight is 211 g/mol. The van der Waals surface area contributed by atoms with E-state index in [1.165, 1.54) is 32.2 Å². The van der Waals surface area contributed by atoms with Crippen molar-refractivity contribution in [2.45, 2.75) is 58.7 Å². The second-order valence-electron chi connectivity index (χ2n) is 5.79. The average Bonchev–Trinajstić information content (AvgIpc) is 2.86. The van der Waals surface area contributed by atoms with Crippen molar-refractivity contribution in [1.82, 2.24) is 5.32 Å². The van der Waals surface area contributed by atoms with Crippen LogP contribution in [-0.4, -0.2) is 25.3 Å². The lowest BCUT2D eigenvalue weighted by molar-refractivity contribution is 0.0549. The highest BCUT2D eigenvalue weighted by Gasteiger charge is 2.44. The van der Waals surface area contributed by atoms with E-state index in [0.29, 0.717) is 17.6 Å². The summed E-state index contributed by atoms with van der Waals surface area (Å²) in [6.07, 6.45) is 6.27. The van der Waals surface area contributed by atoms with Gasteiger partial charge >= 0.3 is 0 Å². The Morgan fingerprint density at radius 3 is 2.53 bits per heavy atom. The molecule has 0 amide bonds. The molecule has 1 saturated carbocycles. The maximum atomic E-state index is 5.79. The van der Waals surface area contributed by atoms with E-state index in [2.05, 4.69) is 26.1 Å². The fourth-order valence-electron chi connectivity index (χ4n) is 2.64. The molecule has 1 saturated heterocycles. The molecule has 1 aliphatic carbocycles. The maximum absolute atomic E-state index is 5.79. The summed E-state index contributed by atoms with van der Waals surface area (Å²) in [5.74, 6) is 0.827. The summed E-state index contributed by atoms with van der Waals surface area (Å²) >= 11 is 0. The van der Waals surface area contributed by atoms with Crippen LogP contribution in [0.1, 0.15) is 46.5 Å². The van der Waals surface area contributed by atoms with Crippen LogP contribution in [0.4, 0.5) is 0 Å². The lowest BCUT2D eigenvalue weighted by Crippen LogP contribution is -2.33. The third-order valence-electron chi connectivity index (χ3n) is 4.29. The van der Waals surface area contributed by atoms with Crippen LogP contribution < -0.4 is 5.32 Å². The number of nitrogens with one attached hydrogen (secondary N) is 1. The number of ether oxygens (including phenoxy) is 1. The van der Waals surface area contributed by atoms with Gasteiger partial charge in [-0.25, -0.2) is 0 Å². The summed E-state index contributed by atoms with van der Waals surface area (Å²) in [7, 11) is 0. The van der Waals surface area contributed by atoms with Crippen molar-refractivity contribution in [3.05, 3.63) is 0 Å². The van der Waals surface area contributed by atoms with Gasteiger partial charge in [-0.2, -0.15) is 0 Å². The minimum Gasteiger partial charge on any atom is -0.374 e. The van der Waals surface area contributed by atoms with Gasteiger partial charge in [-0.1, -0.05) is 13.8 Å². The Kier molecular flexibility index (Phi) is 3.36. The highest BCUT2D eigenvalue weighted by atomic mass is 16.5. The van der Waals surface area contributed by atoms with E-state index in [1.807, 2.05) is 0 Å². The first kappa shape index (κ1) is 11.4. The van der Waals surface area contributed by atoms with Crippen molar-refractivity contribution < 1.29 is 4.74 Å². The predicted molar refractivity (Wildman–Crippen MR) is 62.9 cm³/mol. The molecule has 1 N–H and O–H groups in total. The van der Waals surface area contributed by atoms with Gasteiger partial charge in [-0.3, -0.25) is 0 Å². The smallest absolute Gasteiger partial charge is 0.0704 e. The molecule has 0 radical (unpaired) electrons. The molecule has 2 fully saturated rings. The molecule has 2 aliphatic rings. The summed E-state index contributed by atoms with van der Waals surface area (Å²) in [5, 5.41) is 3.61. The van der Waals surface area contributed by atoms with Gasteiger partial charge in [0.15, 0.2) is 0 Å².